The third-order valence-electron chi connectivity index (χ3n) is 14.0. The molecule has 0 aliphatic rings. The molecule has 15 rings (SSSR count). The van der Waals surface area contributed by atoms with Gasteiger partial charge in [0.25, 0.3) is 0 Å². The van der Waals surface area contributed by atoms with E-state index >= 15 is 0 Å². The van der Waals surface area contributed by atoms with E-state index in [4.69, 9.17) is 9.97 Å². The fraction of sp³-hybridized carbons (Fsp3) is 0. The molecular weight excluding hydrogens is 861 g/mol. The molecule has 0 unspecified atom stereocenters. The van der Waals surface area contributed by atoms with Crippen LogP contribution in [0.5, 0.6) is 0 Å². The molecule has 322 valence electrons. The second-order valence-electron chi connectivity index (χ2n) is 17.8. The number of pyridine rings is 2. The molecule has 15 aromatic rings. The molecule has 8 aromatic carbocycles. The Balaban J connectivity index is 0.948. The highest BCUT2D eigenvalue weighted by Gasteiger charge is 2.25. The Bertz CT molecular complexity index is 4250. The van der Waals surface area contributed by atoms with Crippen molar-refractivity contribution in [3.63, 3.8) is 0 Å². The summed E-state index contributed by atoms with van der Waals surface area (Å²) in [6.45, 7) is 0. The monoisotopic (exact) mass is 898 g/mol. The zero-order valence-corrected chi connectivity index (χ0v) is 37.8. The molecule has 0 amide bonds. The topological polar surface area (TPSA) is 45.5 Å². The molecule has 0 fully saturated rings. The van der Waals surface area contributed by atoms with Crippen LogP contribution < -0.4 is 0 Å². The average Bonchev–Trinajstić information content (AvgIpc) is 4.22. The van der Waals surface area contributed by atoms with Crippen LogP contribution in [-0.4, -0.2) is 28.2 Å². The van der Waals surface area contributed by atoms with Gasteiger partial charge in [-0.15, -0.1) is 11.3 Å². The summed E-state index contributed by atoms with van der Waals surface area (Å²) in [5.74, 6) is 1.79. The van der Waals surface area contributed by atoms with E-state index in [1.54, 1.807) is 0 Å². The van der Waals surface area contributed by atoms with Crippen molar-refractivity contribution >= 4 is 97.2 Å². The molecule has 7 heterocycles. The number of para-hydroxylation sites is 4. The molecular formula is C62H38N6S. The highest BCUT2D eigenvalue weighted by Crippen LogP contribution is 2.45. The zero-order chi connectivity index (χ0) is 45.2. The van der Waals surface area contributed by atoms with Gasteiger partial charge in [0.1, 0.15) is 11.6 Å². The maximum absolute atomic E-state index is 5.31. The molecule has 7 aromatic heterocycles. The first kappa shape index (κ1) is 38.1. The third-order valence-corrected chi connectivity index (χ3v) is 15.1. The normalized spacial score (nSPS) is 12.1. The van der Waals surface area contributed by atoms with Gasteiger partial charge in [-0.05, 0) is 84.9 Å². The van der Waals surface area contributed by atoms with E-state index in [-0.39, 0.29) is 0 Å². The molecule has 0 radical (unpaired) electrons. The summed E-state index contributed by atoms with van der Waals surface area (Å²) >= 11 is 1.85. The lowest BCUT2D eigenvalue weighted by Gasteiger charge is -2.10. The van der Waals surface area contributed by atoms with Gasteiger partial charge < -0.3 is 9.13 Å². The number of aromatic nitrogens is 6. The predicted octanol–water partition coefficient (Wildman–Crippen LogP) is 16.3. The summed E-state index contributed by atoms with van der Waals surface area (Å²) in [6.07, 6.45) is 0. The average molecular weight is 899 g/mol. The van der Waals surface area contributed by atoms with Crippen LogP contribution in [0.3, 0.4) is 0 Å². The smallest absolute Gasteiger partial charge is 0.138 e. The Morgan fingerprint density at radius 1 is 0.275 bits per heavy atom. The molecule has 7 heteroatoms. The maximum atomic E-state index is 5.31. The van der Waals surface area contributed by atoms with Gasteiger partial charge in [0.05, 0.1) is 55.5 Å². The number of rotatable bonds is 6. The van der Waals surface area contributed by atoms with Gasteiger partial charge in [-0.1, -0.05) is 146 Å². The number of benzene rings is 8. The number of thiophene rings is 1. The summed E-state index contributed by atoms with van der Waals surface area (Å²) in [7, 11) is 0. The molecule has 0 aliphatic carbocycles. The lowest BCUT2D eigenvalue weighted by Crippen LogP contribution is -1.98. The van der Waals surface area contributed by atoms with Gasteiger partial charge in [0, 0.05) is 64.2 Å². The van der Waals surface area contributed by atoms with Crippen molar-refractivity contribution in [3.8, 4) is 45.5 Å². The van der Waals surface area contributed by atoms with Crippen molar-refractivity contribution in [2.75, 3.05) is 0 Å². The fourth-order valence-electron chi connectivity index (χ4n) is 11.1. The van der Waals surface area contributed by atoms with Crippen LogP contribution >= 0.6 is 11.3 Å². The number of nitrogens with zero attached hydrogens (tertiary/aromatic N) is 6. The van der Waals surface area contributed by atoms with Crippen LogP contribution in [0.15, 0.2) is 231 Å². The van der Waals surface area contributed by atoms with Gasteiger partial charge in [-0.3, -0.25) is 9.13 Å². The molecule has 0 saturated carbocycles. The number of hydrogen-bond acceptors (Lipinski definition) is 3. The molecule has 0 atom stereocenters. The maximum Gasteiger partial charge on any atom is 0.138 e. The quantitative estimate of drug-likeness (QED) is 0.167. The zero-order valence-electron chi connectivity index (χ0n) is 37.0. The summed E-state index contributed by atoms with van der Waals surface area (Å²) in [6, 6.07) is 82.7. The van der Waals surface area contributed by atoms with Crippen LogP contribution in [-0.2, 0) is 0 Å². The van der Waals surface area contributed by atoms with E-state index in [0.717, 1.165) is 78.6 Å². The Morgan fingerprint density at radius 3 is 1.03 bits per heavy atom. The molecule has 0 N–H and O–H groups in total. The molecule has 0 bridgehead atoms. The van der Waals surface area contributed by atoms with E-state index in [1.165, 1.54) is 52.8 Å². The summed E-state index contributed by atoms with van der Waals surface area (Å²) in [5.41, 5.74) is 15.5. The number of hydrogen-bond donors (Lipinski definition) is 0. The van der Waals surface area contributed by atoms with Gasteiger partial charge in [0.2, 0.25) is 0 Å². The summed E-state index contributed by atoms with van der Waals surface area (Å²) in [4.78, 5) is 10.6. The van der Waals surface area contributed by atoms with Crippen molar-refractivity contribution in [1.29, 1.82) is 0 Å². The third kappa shape index (κ3) is 5.59. The second kappa shape index (κ2) is 14.7. The molecule has 0 saturated heterocycles. The van der Waals surface area contributed by atoms with Crippen LogP contribution in [0, 0.1) is 0 Å². The lowest BCUT2D eigenvalue weighted by molar-refractivity contribution is 1.09. The predicted molar refractivity (Wildman–Crippen MR) is 288 cm³/mol. The molecule has 0 aliphatic heterocycles. The van der Waals surface area contributed by atoms with Crippen LogP contribution in [0.1, 0.15) is 0 Å². The van der Waals surface area contributed by atoms with Gasteiger partial charge >= 0.3 is 0 Å². The SMILES string of the molecule is c1ccc(-c2cccc(-n3c4ccccc4c4c3c3ccccc3n4-c3ccc4sc5ccc(-n6c7ccccc7c7c6c6ccccc6n7-c6cccc(-c7ccccc7)n6)cc5c4c3)n2)cc1. The first-order valence-corrected chi connectivity index (χ1v) is 24.1. The lowest BCUT2D eigenvalue weighted by atomic mass is 10.1. The van der Waals surface area contributed by atoms with E-state index in [9.17, 15) is 0 Å². The Morgan fingerprint density at radius 2 is 0.623 bits per heavy atom. The standard InChI is InChI=1S/C62H38N6S/c1-3-17-39(18-4-1)49-25-15-31-57(63-49)67-53-29-13-9-23-45(53)59-61(67)43-21-7-11-27-51(43)65(59)41-33-35-55-47(37-41)48-38-42(34-36-56(48)69-55)66-52-28-12-8-22-44(52)62-60(66)46-24-10-14-30-54(46)68(62)58-32-16-26-50(64-58)40-19-5-2-6-20-40/h1-38H. The molecule has 0 spiro atoms. The highest BCUT2D eigenvalue weighted by atomic mass is 32.1. The van der Waals surface area contributed by atoms with Crippen LogP contribution in [0.25, 0.3) is 131 Å². The van der Waals surface area contributed by atoms with Gasteiger partial charge in [-0.2, -0.15) is 0 Å². The van der Waals surface area contributed by atoms with E-state index in [2.05, 4.69) is 237 Å². The first-order valence-electron chi connectivity index (χ1n) is 23.3. The van der Waals surface area contributed by atoms with E-state index in [1.807, 2.05) is 23.5 Å². The minimum Gasteiger partial charge on any atom is -0.307 e. The molecule has 69 heavy (non-hydrogen) atoms. The van der Waals surface area contributed by atoms with Crippen LogP contribution in [0.4, 0.5) is 0 Å². The number of fused-ring (bicyclic) bond motifs is 13. The summed E-state index contributed by atoms with van der Waals surface area (Å²) < 4.78 is 12.2. The Hall–Kier alpha value is -9.04. The van der Waals surface area contributed by atoms with Crippen molar-refractivity contribution < 1.29 is 0 Å². The molecule has 6 nitrogen and oxygen atoms in total. The van der Waals surface area contributed by atoms with Crippen molar-refractivity contribution in [3.05, 3.63) is 231 Å². The minimum atomic E-state index is 0.893. The second-order valence-corrected chi connectivity index (χ2v) is 18.8. The van der Waals surface area contributed by atoms with Crippen molar-refractivity contribution in [2.24, 2.45) is 0 Å². The highest BCUT2D eigenvalue weighted by molar-refractivity contribution is 7.25. The van der Waals surface area contributed by atoms with Gasteiger partial charge in [0.15, 0.2) is 0 Å². The fourth-order valence-corrected chi connectivity index (χ4v) is 12.1. The Kier molecular flexibility index (Phi) is 8.13. The van der Waals surface area contributed by atoms with E-state index < -0.39 is 0 Å². The largest absolute Gasteiger partial charge is 0.307 e. The first-order chi connectivity index (χ1) is 34.2. The van der Waals surface area contributed by atoms with Gasteiger partial charge in [-0.25, -0.2) is 9.97 Å². The van der Waals surface area contributed by atoms with Crippen molar-refractivity contribution in [2.45, 2.75) is 0 Å². The summed E-state index contributed by atoms with van der Waals surface area (Å²) in [5, 5.41) is 7.18. The van der Waals surface area contributed by atoms with Crippen molar-refractivity contribution in [1.82, 2.24) is 28.2 Å². The van der Waals surface area contributed by atoms with E-state index in [0.29, 0.717) is 0 Å². The minimum absolute atomic E-state index is 0.893. The van der Waals surface area contributed by atoms with Crippen LogP contribution in [0.2, 0.25) is 0 Å². The Labute approximate surface area is 399 Å².